The molecule has 0 bridgehead atoms. The molecule has 0 spiro atoms. The van der Waals surface area contributed by atoms with Crippen molar-refractivity contribution in [3.8, 4) is 0 Å². The van der Waals surface area contributed by atoms with E-state index in [2.05, 4.69) is 9.51 Å². The predicted molar refractivity (Wildman–Crippen MR) is 69.0 cm³/mol. The Labute approximate surface area is 119 Å². The average molecular weight is 320 g/mol. The molecule has 0 aliphatic carbocycles. The zero-order chi connectivity index (χ0) is 15.6. The second kappa shape index (κ2) is 6.14. The molecule has 10 nitrogen and oxygen atoms in total. The first-order chi connectivity index (χ1) is 9.86. The molecule has 1 fully saturated rings. The van der Waals surface area contributed by atoms with E-state index in [0.717, 1.165) is 4.57 Å². The minimum Gasteiger partial charge on any atom is -0.393 e. The van der Waals surface area contributed by atoms with Crippen LogP contribution >= 0.6 is 8.25 Å². The van der Waals surface area contributed by atoms with Gasteiger partial charge in [0.2, 0.25) is 6.29 Å². The molecule has 1 aliphatic heterocycles. The molecule has 4 atom stereocenters. The van der Waals surface area contributed by atoms with Crippen LogP contribution in [0.15, 0.2) is 17.1 Å². The van der Waals surface area contributed by atoms with E-state index in [4.69, 9.17) is 15.4 Å². The van der Waals surface area contributed by atoms with Gasteiger partial charge in [0.25, 0.3) is 0 Å². The van der Waals surface area contributed by atoms with Crippen LogP contribution in [0.2, 0.25) is 0 Å². The molecule has 0 saturated carbocycles. The largest absolute Gasteiger partial charge is 0.697 e. The summed E-state index contributed by atoms with van der Waals surface area (Å²) in [6.07, 6.45) is -1.05. The zero-order valence-electron chi connectivity index (χ0n) is 10.8. The van der Waals surface area contributed by atoms with Gasteiger partial charge in [-0.2, -0.15) is 4.98 Å². The summed E-state index contributed by atoms with van der Waals surface area (Å²) in [6.45, 7) is -0.630. The number of aliphatic hydroxyl groups is 2. The third-order valence-electron chi connectivity index (χ3n) is 3.20. The van der Waals surface area contributed by atoms with Gasteiger partial charge in [-0.05, 0) is 6.07 Å². The van der Waals surface area contributed by atoms with Crippen molar-refractivity contribution < 1.29 is 28.9 Å². The Morgan fingerprint density at radius 2 is 2.38 bits per heavy atom. The summed E-state index contributed by atoms with van der Waals surface area (Å²) in [6, 6.07) is 1.32. The first-order valence-corrected chi connectivity index (χ1v) is 7.17. The van der Waals surface area contributed by atoms with E-state index in [0.29, 0.717) is 0 Å². The smallest absolute Gasteiger partial charge is 0.393 e. The van der Waals surface area contributed by atoms with Gasteiger partial charge in [0.15, 0.2) is 5.72 Å². The van der Waals surface area contributed by atoms with Crippen molar-refractivity contribution in [2.75, 3.05) is 12.3 Å². The van der Waals surface area contributed by atoms with Crippen molar-refractivity contribution in [2.45, 2.75) is 31.0 Å². The minimum absolute atomic E-state index is 0.00406. The summed E-state index contributed by atoms with van der Waals surface area (Å²) in [5, 5.41) is 20.0. The summed E-state index contributed by atoms with van der Waals surface area (Å²) in [5.41, 5.74) is 2.72. The summed E-state index contributed by atoms with van der Waals surface area (Å²) >= 11 is 0. The van der Waals surface area contributed by atoms with Crippen LogP contribution < -0.4 is 11.4 Å². The third kappa shape index (κ3) is 3.26. The monoisotopic (exact) mass is 320 g/mol. The molecule has 21 heavy (non-hydrogen) atoms. The van der Waals surface area contributed by atoms with E-state index in [1.807, 2.05) is 0 Å². The quantitative estimate of drug-likeness (QED) is 0.491. The second-order valence-electron chi connectivity index (χ2n) is 4.50. The van der Waals surface area contributed by atoms with E-state index in [1.54, 1.807) is 0 Å². The van der Waals surface area contributed by atoms with Crippen molar-refractivity contribution in [2.24, 2.45) is 0 Å². The fraction of sp³-hybridized carbons (Fsp3) is 0.600. The maximum absolute atomic E-state index is 11.8. The molecule has 1 aromatic rings. The highest BCUT2D eigenvalue weighted by molar-refractivity contribution is 7.32. The van der Waals surface area contributed by atoms with Gasteiger partial charge in [-0.25, -0.2) is 4.79 Å². The van der Waals surface area contributed by atoms with Crippen molar-refractivity contribution >= 4 is 14.1 Å². The Morgan fingerprint density at radius 3 is 2.95 bits per heavy atom. The summed E-state index contributed by atoms with van der Waals surface area (Å²) < 4.78 is 21.3. The van der Waals surface area contributed by atoms with Crippen LogP contribution in [0.1, 0.15) is 12.8 Å². The van der Waals surface area contributed by atoms with Crippen molar-refractivity contribution in [1.82, 2.24) is 9.55 Å². The number of aliphatic hydroxyl groups excluding tert-OH is 1. The molecule has 0 radical (unpaired) electrons. The van der Waals surface area contributed by atoms with Crippen LogP contribution in [0.25, 0.3) is 0 Å². The number of aromatic nitrogens is 2. The number of rotatable bonds is 4. The van der Waals surface area contributed by atoms with Gasteiger partial charge in [0, 0.05) is 23.6 Å². The van der Waals surface area contributed by atoms with Crippen LogP contribution in [-0.2, 0) is 19.6 Å². The van der Waals surface area contributed by atoms with Crippen LogP contribution in [0, 0.1) is 0 Å². The van der Waals surface area contributed by atoms with E-state index < -0.39 is 38.7 Å². The molecule has 1 aliphatic rings. The van der Waals surface area contributed by atoms with Gasteiger partial charge >= 0.3 is 13.9 Å². The lowest BCUT2D eigenvalue weighted by Gasteiger charge is -2.41. The van der Waals surface area contributed by atoms with Crippen LogP contribution in [0.4, 0.5) is 5.82 Å². The fourth-order valence-corrected chi connectivity index (χ4v) is 2.56. The van der Waals surface area contributed by atoms with Gasteiger partial charge in [0.05, 0.1) is 6.61 Å². The lowest BCUT2D eigenvalue weighted by molar-refractivity contribution is -0.266. The van der Waals surface area contributed by atoms with Gasteiger partial charge in [0.1, 0.15) is 11.9 Å². The Morgan fingerprint density at radius 1 is 1.67 bits per heavy atom. The van der Waals surface area contributed by atoms with E-state index in [9.17, 15) is 19.6 Å². The number of ether oxygens (including phenoxy) is 1. The summed E-state index contributed by atoms with van der Waals surface area (Å²) in [5.74, 6) is -0.00406. The molecule has 11 heteroatoms. The molecule has 5 N–H and O–H groups in total. The number of anilines is 1. The SMILES string of the molecule is Nc1ccn([C@@]2(O)CC[C@@H](O[P+](=O)O)O[C@@H]2CO)c(=O)n1. The van der Waals surface area contributed by atoms with Crippen molar-refractivity contribution in [3.63, 3.8) is 0 Å². The van der Waals surface area contributed by atoms with E-state index in [1.165, 1.54) is 12.3 Å². The van der Waals surface area contributed by atoms with Crippen LogP contribution in [0.5, 0.6) is 0 Å². The van der Waals surface area contributed by atoms with Crippen LogP contribution in [-0.4, -0.2) is 43.7 Å². The molecule has 0 amide bonds. The average Bonchev–Trinajstić information content (AvgIpc) is 2.40. The molecule has 1 aromatic heterocycles. The highest BCUT2D eigenvalue weighted by Crippen LogP contribution is 2.35. The standard InChI is InChI=1S/C10H14N3O7P/c11-7-2-4-13(9(15)12-7)10(16)3-1-8(20-21(17)18)19-6(10)5-14/h2,4,6,8,14,16H,1,3,5H2,(H2-,11,12,15,17,18)/p+1/t6-,8-,10-/m1/s1. The predicted octanol–water partition coefficient (Wildman–Crippen LogP) is -1.37. The van der Waals surface area contributed by atoms with E-state index >= 15 is 0 Å². The minimum atomic E-state index is -2.88. The highest BCUT2D eigenvalue weighted by Gasteiger charge is 2.47. The lowest BCUT2D eigenvalue weighted by Crippen LogP contribution is -2.56. The molecule has 116 valence electrons. The first-order valence-electron chi connectivity index (χ1n) is 6.04. The summed E-state index contributed by atoms with van der Waals surface area (Å²) in [4.78, 5) is 24.0. The molecule has 1 saturated heterocycles. The normalized spacial score (nSPS) is 30.1. The Kier molecular flexibility index (Phi) is 4.67. The molecule has 0 aromatic carbocycles. The Hall–Kier alpha value is -1.42. The third-order valence-corrected chi connectivity index (χ3v) is 3.61. The maximum atomic E-state index is 11.8. The molecular formula is C10H15N3O7P+. The molecule has 2 heterocycles. The molecule has 1 unspecified atom stereocenters. The van der Waals surface area contributed by atoms with Crippen LogP contribution in [0.3, 0.4) is 0 Å². The zero-order valence-corrected chi connectivity index (χ0v) is 11.7. The fourth-order valence-electron chi connectivity index (χ4n) is 2.21. The van der Waals surface area contributed by atoms with Crippen molar-refractivity contribution in [1.29, 1.82) is 0 Å². The number of nitrogen functional groups attached to an aromatic ring is 1. The van der Waals surface area contributed by atoms with Gasteiger partial charge in [-0.3, -0.25) is 4.57 Å². The summed E-state index contributed by atoms with van der Waals surface area (Å²) in [7, 11) is -2.88. The Bertz CT molecular complexity index is 594. The number of hydrogen-bond acceptors (Lipinski definition) is 8. The van der Waals surface area contributed by atoms with E-state index in [-0.39, 0.29) is 18.7 Å². The number of nitrogens with two attached hydrogens (primary N) is 1. The van der Waals surface area contributed by atoms with Crippen molar-refractivity contribution in [3.05, 3.63) is 22.7 Å². The second-order valence-corrected chi connectivity index (χ2v) is 5.19. The van der Waals surface area contributed by atoms with Gasteiger partial charge in [-0.15, -0.1) is 4.89 Å². The van der Waals surface area contributed by atoms with Gasteiger partial charge < -0.3 is 20.7 Å². The Balaban J connectivity index is 2.29. The molecular weight excluding hydrogens is 305 g/mol. The number of hydrogen-bond donors (Lipinski definition) is 4. The van der Waals surface area contributed by atoms with Gasteiger partial charge in [-0.1, -0.05) is 4.52 Å². The number of nitrogens with zero attached hydrogens (tertiary/aromatic N) is 2. The first kappa shape index (κ1) is 16.0. The highest BCUT2D eigenvalue weighted by atomic mass is 31.1. The molecule has 2 rings (SSSR count). The topological polar surface area (TPSA) is 157 Å². The maximum Gasteiger partial charge on any atom is 0.697 e. The lowest BCUT2D eigenvalue weighted by atomic mass is 9.97.